The molecule has 3 nitrogen and oxygen atoms in total. The van der Waals surface area contributed by atoms with Crippen molar-refractivity contribution >= 4 is 11.5 Å². The fraction of sp³-hybridized carbons (Fsp3) is 0.0175. The quantitative estimate of drug-likeness (QED) is 0.159. The summed E-state index contributed by atoms with van der Waals surface area (Å²) in [7, 11) is 0. The molecule has 0 spiro atoms. The van der Waals surface area contributed by atoms with E-state index in [0.717, 1.165) is 78.6 Å². The van der Waals surface area contributed by atoms with Crippen LogP contribution in [0.15, 0.2) is 242 Å². The molecule has 8 aromatic carbocycles. The number of aliphatic imine (C=N–C) groups is 1. The summed E-state index contributed by atoms with van der Waals surface area (Å²) in [4.78, 5) is 10.9. The van der Waals surface area contributed by atoms with Crippen LogP contribution in [-0.4, -0.2) is 10.8 Å². The Balaban J connectivity index is 1.14. The van der Waals surface area contributed by atoms with E-state index in [0.29, 0.717) is 0 Å². The molecule has 1 atom stereocenters. The smallest absolute Gasteiger partial charge is 0.134 e. The molecule has 2 heterocycles. The molecule has 1 aliphatic heterocycles. The maximum atomic E-state index is 5.60. The number of pyridine rings is 1. The lowest BCUT2D eigenvalue weighted by molar-refractivity contribution is 0.781. The molecule has 284 valence electrons. The van der Waals surface area contributed by atoms with Gasteiger partial charge in [-0.15, -0.1) is 0 Å². The normalized spacial score (nSPS) is 13.5. The van der Waals surface area contributed by atoms with Gasteiger partial charge in [0.2, 0.25) is 0 Å². The van der Waals surface area contributed by atoms with E-state index in [9.17, 15) is 0 Å². The van der Waals surface area contributed by atoms with Gasteiger partial charge >= 0.3 is 0 Å². The zero-order chi connectivity index (χ0) is 40.1. The second kappa shape index (κ2) is 16.5. The third kappa shape index (κ3) is 7.37. The summed E-state index contributed by atoms with van der Waals surface area (Å²) in [6.07, 6.45) is 2.23. The maximum absolute atomic E-state index is 5.60. The third-order valence-electron chi connectivity index (χ3n) is 11.2. The van der Waals surface area contributed by atoms with Crippen LogP contribution in [0.5, 0.6) is 0 Å². The molecular weight excluding hydrogens is 727 g/mol. The first-order valence-electron chi connectivity index (χ1n) is 20.5. The summed E-state index contributed by atoms with van der Waals surface area (Å²) in [5.41, 5.74) is 17.2. The van der Waals surface area contributed by atoms with Crippen LogP contribution in [0.4, 0.5) is 0 Å². The summed E-state index contributed by atoms with van der Waals surface area (Å²) in [6.45, 7) is 0. The zero-order valence-electron chi connectivity index (χ0n) is 33.0. The molecular formula is C57H41N3. The average Bonchev–Trinajstić information content (AvgIpc) is 3.35. The number of benzene rings is 8. The number of nitrogens with zero attached hydrogens (tertiary/aromatic N) is 2. The lowest BCUT2D eigenvalue weighted by atomic mass is 9.83. The van der Waals surface area contributed by atoms with Crippen LogP contribution in [0.2, 0.25) is 0 Å². The van der Waals surface area contributed by atoms with Crippen molar-refractivity contribution in [3.05, 3.63) is 253 Å². The largest absolute Gasteiger partial charge is 0.359 e. The third-order valence-corrected chi connectivity index (χ3v) is 11.2. The second-order valence-electron chi connectivity index (χ2n) is 15.0. The number of rotatable bonds is 9. The molecule has 0 saturated heterocycles. The van der Waals surface area contributed by atoms with Gasteiger partial charge in [-0.2, -0.15) is 0 Å². The van der Waals surface area contributed by atoms with Crippen LogP contribution in [0, 0.1) is 0 Å². The molecule has 10 rings (SSSR count). The van der Waals surface area contributed by atoms with E-state index in [1.807, 2.05) is 6.07 Å². The van der Waals surface area contributed by atoms with Crippen molar-refractivity contribution in [1.29, 1.82) is 0 Å². The average molecular weight is 768 g/mol. The molecule has 60 heavy (non-hydrogen) atoms. The lowest BCUT2D eigenvalue weighted by Crippen LogP contribution is -2.31. The Morgan fingerprint density at radius 3 is 1.12 bits per heavy atom. The highest BCUT2D eigenvalue weighted by Crippen LogP contribution is 2.48. The number of hydrogen-bond donors (Lipinski definition) is 1. The van der Waals surface area contributed by atoms with E-state index in [4.69, 9.17) is 9.98 Å². The molecule has 0 aliphatic carbocycles. The van der Waals surface area contributed by atoms with Gasteiger partial charge in [0.05, 0.1) is 23.1 Å². The number of aromatic nitrogens is 1. The molecule has 1 aromatic heterocycles. The molecule has 1 unspecified atom stereocenters. The van der Waals surface area contributed by atoms with Crippen molar-refractivity contribution < 1.29 is 0 Å². The van der Waals surface area contributed by atoms with Gasteiger partial charge in [-0.25, -0.2) is 9.98 Å². The minimum Gasteiger partial charge on any atom is -0.359 e. The van der Waals surface area contributed by atoms with Crippen LogP contribution in [0.3, 0.4) is 0 Å². The summed E-state index contributed by atoms with van der Waals surface area (Å²) in [5.74, 6) is 0.830. The molecule has 0 saturated carbocycles. The highest BCUT2D eigenvalue weighted by molar-refractivity contribution is 6.07. The second-order valence-corrected chi connectivity index (χ2v) is 15.0. The van der Waals surface area contributed by atoms with E-state index in [-0.39, 0.29) is 6.04 Å². The Kier molecular flexibility index (Phi) is 10.0. The predicted molar refractivity (Wildman–Crippen MR) is 250 cm³/mol. The summed E-state index contributed by atoms with van der Waals surface area (Å²) in [6, 6.07) is 81.2. The number of amidine groups is 1. The Morgan fingerprint density at radius 2 is 0.650 bits per heavy atom. The highest BCUT2D eigenvalue weighted by Gasteiger charge is 2.26. The molecule has 0 amide bonds. The highest BCUT2D eigenvalue weighted by atomic mass is 15.0. The Bertz CT molecular complexity index is 2820. The van der Waals surface area contributed by atoms with E-state index >= 15 is 0 Å². The molecule has 1 N–H and O–H groups in total. The summed E-state index contributed by atoms with van der Waals surface area (Å²) < 4.78 is 0. The fourth-order valence-electron chi connectivity index (χ4n) is 8.20. The van der Waals surface area contributed by atoms with E-state index < -0.39 is 0 Å². The zero-order valence-corrected chi connectivity index (χ0v) is 33.0. The summed E-state index contributed by atoms with van der Waals surface area (Å²) in [5, 5.41) is 3.80. The van der Waals surface area contributed by atoms with Crippen LogP contribution < -0.4 is 5.32 Å². The van der Waals surface area contributed by atoms with Crippen molar-refractivity contribution in [1.82, 2.24) is 10.3 Å². The predicted octanol–water partition coefficient (Wildman–Crippen LogP) is 14.2. The van der Waals surface area contributed by atoms with Gasteiger partial charge in [-0.1, -0.05) is 231 Å². The van der Waals surface area contributed by atoms with Gasteiger partial charge in [0.15, 0.2) is 0 Å². The van der Waals surface area contributed by atoms with Gasteiger partial charge in [-0.3, -0.25) is 0 Å². The maximum Gasteiger partial charge on any atom is 0.134 e. The standard InChI is InChI=1S/C57H41N3/c1-7-19-40(20-8-1)41-31-33-43(34-32-41)51-39-50(42-21-9-2-10-22-42)58-57(59-51)49-37-35-46(36-38-49)52-53(44-23-11-3-12-24-44)55(47-27-15-5-16-28-47)60-56(48-29-17-6-18-30-48)54(52)45-25-13-4-14-26-45/h1-39,51H,(H,58,59). The lowest BCUT2D eigenvalue weighted by Gasteiger charge is -2.25. The minimum atomic E-state index is -0.0753. The van der Waals surface area contributed by atoms with Gasteiger partial charge in [0.1, 0.15) is 5.84 Å². The van der Waals surface area contributed by atoms with Crippen molar-refractivity contribution in [3.8, 4) is 67.0 Å². The fourth-order valence-corrected chi connectivity index (χ4v) is 8.20. The van der Waals surface area contributed by atoms with Gasteiger partial charge in [0, 0.05) is 33.4 Å². The van der Waals surface area contributed by atoms with Crippen molar-refractivity contribution in [2.75, 3.05) is 0 Å². The molecule has 0 bridgehead atoms. The van der Waals surface area contributed by atoms with Crippen LogP contribution in [0.1, 0.15) is 22.7 Å². The van der Waals surface area contributed by atoms with Crippen molar-refractivity contribution in [3.63, 3.8) is 0 Å². The molecule has 3 heteroatoms. The first kappa shape index (κ1) is 36.5. The Hall–Kier alpha value is -7.88. The monoisotopic (exact) mass is 767 g/mol. The molecule has 1 aliphatic rings. The van der Waals surface area contributed by atoms with Crippen LogP contribution in [0.25, 0.3) is 72.7 Å². The van der Waals surface area contributed by atoms with E-state index in [1.54, 1.807) is 0 Å². The first-order chi connectivity index (χ1) is 29.8. The minimum absolute atomic E-state index is 0.0753. The first-order valence-corrected chi connectivity index (χ1v) is 20.5. The molecule has 0 fully saturated rings. The van der Waals surface area contributed by atoms with Crippen LogP contribution >= 0.6 is 0 Å². The van der Waals surface area contributed by atoms with Crippen molar-refractivity contribution in [2.45, 2.75) is 6.04 Å². The van der Waals surface area contributed by atoms with E-state index in [2.05, 4.69) is 236 Å². The molecule has 0 radical (unpaired) electrons. The SMILES string of the molecule is C1=C(c2ccccc2)N=C(c2ccc(-c3c(-c4ccccc4)c(-c4ccccc4)nc(-c4ccccc4)c3-c3ccccc3)cc2)NC1c1ccc(-c2ccccc2)cc1. The Morgan fingerprint density at radius 1 is 0.300 bits per heavy atom. The van der Waals surface area contributed by atoms with Gasteiger partial charge in [-0.05, 0) is 45.0 Å². The summed E-state index contributed by atoms with van der Waals surface area (Å²) >= 11 is 0. The Labute approximate surface area is 351 Å². The van der Waals surface area contributed by atoms with Gasteiger partial charge < -0.3 is 5.32 Å². The van der Waals surface area contributed by atoms with Crippen LogP contribution in [-0.2, 0) is 0 Å². The number of hydrogen-bond acceptors (Lipinski definition) is 3. The van der Waals surface area contributed by atoms with Crippen molar-refractivity contribution in [2.24, 2.45) is 4.99 Å². The topological polar surface area (TPSA) is 37.3 Å². The van der Waals surface area contributed by atoms with Gasteiger partial charge in [0.25, 0.3) is 0 Å². The molecule has 9 aromatic rings. The van der Waals surface area contributed by atoms with E-state index in [1.165, 1.54) is 16.7 Å². The number of nitrogens with one attached hydrogen (secondary N) is 1.